The van der Waals surface area contributed by atoms with E-state index in [2.05, 4.69) is 26.1 Å². The van der Waals surface area contributed by atoms with Crippen LogP contribution in [-0.4, -0.2) is 24.7 Å². The highest BCUT2D eigenvalue weighted by molar-refractivity contribution is 7.11. The number of nitrogens with one attached hydrogen (secondary N) is 1. The standard InChI is InChI=1S/C14H24N2OS/c1-4-15-8-13-12(7-10(2)3)16-14(18-13)11-5-6-17-9-11/h10-11,15H,4-9H2,1-3H3. The average molecular weight is 268 g/mol. The lowest BCUT2D eigenvalue weighted by atomic mass is 10.1. The molecule has 0 radical (unpaired) electrons. The smallest absolute Gasteiger partial charge is 0.0986 e. The lowest BCUT2D eigenvalue weighted by Gasteiger charge is -2.05. The molecule has 4 heteroatoms. The van der Waals surface area contributed by atoms with Gasteiger partial charge in [0, 0.05) is 23.9 Å². The molecule has 1 N–H and O–H groups in total. The number of ether oxygens (including phenoxy) is 1. The molecule has 1 unspecified atom stereocenters. The van der Waals surface area contributed by atoms with Gasteiger partial charge >= 0.3 is 0 Å². The lowest BCUT2D eigenvalue weighted by molar-refractivity contribution is 0.194. The molecule has 0 amide bonds. The second-order valence-corrected chi connectivity index (χ2v) is 6.48. The first-order valence-electron chi connectivity index (χ1n) is 6.97. The van der Waals surface area contributed by atoms with E-state index in [0.717, 1.165) is 39.1 Å². The van der Waals surface area contributed by atoms with Crippen molar-refractivity contribution in [3.05, 3.63) is 15.6 Å². The molecule has 0 saturated carbocycles. The van der Waals surface area contributed by atoms with Crippen LogP contribution in [0, 0.1) is 5.92 Å². The van der Waals surface area contributed by atoms with Crippen LogP contribution in [0.2, 0.25) is 0 Å². The zero-order valence-corrected chi connectivity index (χ0v) is 12.5. The predicted octanol–water partition coefficient (Wildman–Crippen LogP) is 2.96. The van der Waals surface area contributed by atoms with Crippen molar-refractivity contribution < 1.29 is 4.74 Å². The van der Waals surface area contributed by atoms with Gasteiger partial charge in [-0.3, -0.25) is 0 Å². The minimum Gasteiger partial charge on any atom is -0.381 e. The first kappa shape index (κ1) is 14.0. The van der Waals surface area contributed by atoms with Crippen LogP contribution in [0.25, 0.3) is 0 Å². The number of aromatic nitrogens is 1. The van der Waals surface area contributed by atoms with Gasteiger partial charge in [-0.2, -0.15) is 0 Å². The van der Waals surface area contributed by atoms with Crippen molar-refractivity contribution in [1.29, 1.82) is 0 Å². The molecule has 0 aromatic carbocycles. The van der Waals surface area contributed by atoms with Crippen LogP contribution in [0.3, 0.4) is 0 Å². The summed E-state index contributed by atoms with van der Waals surface area (Å²) in [5.41, 5.74) is 1.30. The van der Waals surface area contributed by atoms with Gasteiger partial charge in [0.25, 0.3) is 0 Å². The summed E-state index contributed by atoms with van der Waals surface area (Å²) in [4.78, 5) is 6.31. The Balaban J connectivity index is 2.13. The monoisotopic (exact) mass is 268 g/mol. The summed E-state index contributed by atoms with van der Waals surface area (Å²) in [5.74, 6) is 1.21. The third-order valence-corrected chi connectivity index (χ3v) is 4.47. The molecule has 0 aliphatic carbocycles. The van der Waals surface area contributed by atoms with Crippen LogP contribution in [-0.2, 0) is 17.7 Å². The third-order valence-electron chi connectivity index (χ3n) is 3.21. The summed E-state index contributed by atoms with van der Waals surface area (Å²) >= 11 is 1.89. The Morgan fingerprint density at radius 3 is 2.94 bits per heavy atom. The molecule has 1 aliphatic rings. The second kappa shape index (κ2) is 6.64. The third kappa shape index (κ3) is 3.53. The van der Waals surface area contributed by atoms with Gasteiger partial charge in [-0.05, 0) is 25.3 Å². The van der Waals surface area contributed by atoms with Gasteiger partial charge in [-0.25, -0.2) is 4.98 Å². The summed E-state index contributed by atoms with van der Waals surface area (Å²) in [7, 11) is 0. The van der Waals surface area contributed by atoms with Crippen LogP contribution in [0.4, 0.5) is 0 Å². The van der Waals surface area contributed by atoms with Gasteiger partial charge < -0.3 is 10.1 Å². The fraction of sp³-hybridized carbons (Fsp3) is 0.786. The van der Waals surface area contributed by atoms with E-state index in [1.54, 1.807) is 0 Å². The van der Waals surface area contributed by atoms with Gasteiger partial charge in [0.05, 0.1) is 17.3 Å². The van der Waals surface area contributed by atoms with E-state index in [9.17, 15) is 0 Å². The summed E-state index contributed by atoms with van der Waals surface area (Å²) in [6, 6.07) is 0. The summed E-state index contributed by atoms with van der Waals surface area (Å²) in [6.07, 6.45) is 2.22. The number of hydrogen-bond donors (Lipinski definition) is 1. The topological polar surface area (TPSA) is 34.1 Å². The van der Waals surface area contributed by atoms with Crippen LogP contribution in [0.15, 0.2) is 0 Å². The maximum Gasteiger partial charge on any atom is 0.0986 e. The fourth-order valence-corrected chi connectivity index (χ4v) is 3.41. The molecule has 2 rings (SSSR count). The fourth-order valence-electron chi connectivity index (χ4n) is 2.23. The highest BCUT2D eigenvalue weighted by Crippen LogP contribution is 2.31. The molecule has 102 valence electrons. The number of rotatable bonds is 6. The maximum atomic E-state index is 5.47. The van der Waals surface area contributed by atoms with Crippen LogP contribution in [0.1, 0.15) is 48.7 Å². The minimum atomic E-state index is 0.538. The normalized spacial score (nSPS) is 19.9. The quantitative estimate of drug-likeness (QED) is 0.861. The van der Waals surface area contributed by atoms with E-state index >= 15 is 0 Å². The highest BCUT2D eigenvalue weighted by atomic mass is 32.1. The minimum absolute atomic E-state index is 0.538. The Labute approximate surface area is 114 Å². The number of nitrogens with zero attached hydrogens (tertiary/aromatic N) is 1. The molecule has 0 bridgehead atoms. The van der Waals surface area contributed by atoms with Gasteiger partial charge in [-0.15, -0.1) is 11.3 Å². The molecular weight excluding hydrogens is 244 g/mol. The SMILES string of the molecule is CCNCc1sc(C2CCOC2)nc1CC(C)C. The van der Waals surface area contributed by atoms with Crippen molar-refractivity contribution in [2.24, 2.45) is 5.92 Å². The maximum absolute atomic E-state index is 5.47. The van der Waals surface area contributed by atoms with E-state index in [0.29, 0.717) is 11.8 Å². The number of thiazole rings is 1. The molecule has 1 aromatic heterocycles. The van der Waals surface area contributed by atoms with E-state index in [4.69, 9.17) is 9.72 Å². The van der Waals surface area contributed by atoms with Crippen molar-refractivity contribution >= 4 is 11.3 Å². The van der Waals surface area contributed by atoms with Crippen LogP contribution in [0.5, 0.6) is 0 Å². The Morgan fingerprint density at radius 1 is 1.50 bits per heavy atom. The van der Waals surface area contributed by atoms with Crippen molar-refractivity contribution in [1.82, 2.24) is 10.3 Å². The van der Waals surface area contributed by atoms with Crippen molar-refractivity contribution in [2.75, 3.05) is 19.8 Å². The van der Waals surface area contributed by atoms with Crippen molar-refractivity contribution in [3.8, 4) is 0 Å². The molecule has 1 atom stereocenters. The second-order valence-electron chi connectivity index (χ2n) is 5.36. The zero-order chi connectivity index (χ0) is 13.0. The van der Waals surface area contributed by atoms with E-state index in [1.165, 1.54) is 15.6 Å². The van der Waals surface area contributed by atoms with E-state index in [-0.39, 0.29) is 0 Å². The molecule has 18 heavy (non-hydrogen) atoms. The molecule has 2 heterocycles. The first-order chi connectivity index (χ1) is 8.70. The van der Waals surface area contributed by atoms with E-state index < -0.39 is 0 Å². The van der Waals surface area contributed by atoms with Gasteiger partial charge in [0.15, 0.2) is 0 Å². The first-order valence-corrected chi connectivity index (χ1v) is 7.79. The Morgan fingerprint density at radius 2 is 2.33 bits per heavy atom. The van der Waals surface area contributed by atoms with Crippen LogP contribution >= 0.6 is 11.3 Å². The molecule has 1 aromatic rings. The van der Waals surface area contributed by atoms with Gasteiger partial charge in [0.2, 0.25) is 0 Å². The molecule has 3 nitrogen and oxygen atoms in total. The molecular formula is C14H24N2OS. The van der Waals surface area contributed by atoms with Crippen LogP contribution < -0.4 is 5.32 Å². The number of hydrogen-bond acceptors (Lipinski definition) is 4. The summed E-state index contributed by atoms with van der Waals surface area (Å²) < 4.78 is 5.47. The largest absolute Gasteiger partial charge is 0.381 e. The lowest BCUT2D eigenvalue weighted by Crippen LogP contribution is -2.12. The Kier molecular flexibility index (Phi) is 5.15. The van der Waals surface area contributed by atoms with Gasteiger partial charge in [-0.1, -0.05) is 20.8 Å². The molecule has 1 fully saturated rings. The molecule has 1 aliphatic heterocycles. The van der Waals surface area contributed by atoms with Crippen molar-refractivity contribution in [3.63, 3.8) is 0 Å². The highest BCUT2D eigenvalue weighted by Gasteiger charge is 2.23. The average Bonchev–Trinajstić information content (AvgIpc) is 2.94. The van der Waals surface area contributed by atoms with E-state index in [1.807, 2.05) is 11.3 Å². The van der Waals surface area contributed by atoms with Crippen molar-refractivity contribution in [2.45, 2.75) is 46.1 Å². The summed E-state index contributed by atoms with van der Waals surface area (Å²) in [6.45, 7) is 10.4. The molecule has 1 saturated heterocycles. The molecule has 0 spiro atoms. The zero-order valence-electron chi connectivity index (χ0n) is 11.7. The predicted molar refractivity (Wildman–Crippen MR) is 76.2 cm³/mol. The Hall–Kier alpha value is -0.450. The summed E-state index contributed by atoms with van der Waals surface area (Å²) in [5, 5.41) is 4.71. The van der Waals surface area contributed by atoms with Gasteiger partial charge in [0.1, 0.15) is 0 Å². The Bertz CT molecular complexity index is 370.